The second-order valence-electron chi connectivity index (χ2n) is 8.40. The molecule has 3 aromatic carbocycles. The van der Waals surface area contributed by atoms with E-state index in [0.29, 0.717) is 44.4 Å². The minimum absolute atomic E-state index is 0.0500. The monoisotopic (exact) mass is 508 g/mol. The summed E-state index contributed by atoms with van der Waals surface area (Å²) in [4.78, 5) is 38.0. The standard InChI is InChI=1S/C28H29O5PS/c1-19-18-20(2)27(21(3)26(19)24(29)14-16-35-17-15-25(30)31)28(32)34(33,22-10-6-4-7-11-22)23-12-8-5-9-13-23/h4-13,18H,14-17H2,1-3H3,(H,30,31). The Hall–Kier alpha value is -2.95. The number of carboxylic acid groups (broad SMARTS) is 1. The van der Waals surface area contributed by atoms with E-state index in [4.69, 9.17) is 5.11 Å². The van der Waals surface area contributed by atoms with E-state index in [9.17, 15) is 18.9 Å². The summed E-state index contributed by atoms with van der Waals surface area (Å²) < 4.78 is 14.6. The topological polar surface area (TPSA) is 88.5 Å². The van der Waals surface area contributed by atoms with E-state index < -0.39 is 18.6 Å². The van der Waals surface area contributed by atoms with E-state index in [1.807, 2.05) is 32.0 Å². The van der Waals surface area contributed by atoms with Crippen LogP contribution in [0.25, 0.3) is 0 Å². The SMILES string of the molecule is Cc1cc(C)c(C(=O)P(=O)(c2ccccc2)c2ccccc2)c(C)c1C(=O)CCSCCC(=O)O. The van der Waals surface area contributed by atoms with E-state index in [0.717, 1.165) is 5.56 Å². The average Bonchev–Trinajstić information content (AvgIpc) is 2.83. The minimum atomic E-state index is -3.71. The molecule has 3 rings (SSSR count). The largest absolute Gasteiger partial charge is 0.481 e. The van der Waals surface area contributed by atoms with Crippen molar-refractivity contribution in [3.63, 3.8) is 0 Å². The number of carbonyl (C=O) groups excluding carboxylic acids is 2. The molecule has 0 saturated heterocycles. The number of carboxylic acids is 1. The van der Waals surface area contributed by atoms with Crippen LogP contribution in [0.15, 0.2) is 66.7 Å². The van der Waals surface area contributed by atoms with Crippen LogP contribution in [-0.2, 0) is 9.36 Å². The van der Waals surface area contributed by atoms with Crippen molar-refractivity contribution in [2.45, 2.75) is 33.6 Å². The molecule has 7 heteroatoms. The summed E-state index contributed by atoms with van der Waals surface area (Å²) in [6.45, 7) is 5.40. The van der Waals surface area contributed by atoms with Crippen molar-refractivity contribution < 1.29 is 24.1 Å². The van der Waals surface area contributed by atoms with Gasteiger partial charge < -0.3 is 9.67 Å². The van der Waals surface area contributed by atoms with Gasteiger partial charge in [0.25, 0.3) is 0 Å². The van der Waals surface area contributed by atoms with Crippen LogP contribution >= 0.6 is 18.9 Å². The Morgan fingerprint density at radius 1 is 0.771 bits per heavy atom. The molecule has 0 aliphatic carbocycles. The van der Waals surface area contributed by atoms with Crippen molar-refractivity contribution in [3.05, 3.63) is 94.5 Å². The van der Waals surface area contributed by atoms with E-state index in [1.165, 1.54) is 11.8 Å². The summed E-state index contributed by atoms with van der Waals surface area (Å²) in [7, 11) is -3.71. The molecular formula is C28H29O5PS. The number of aliphatic carboxylic acids is 1. The summed E-state index contributed by atoms with van der Waals surface area (Å²) in [5, 5.41) is 9.69. The quantitative estimate of drug-likeness (QED) is 0.208. The highest BCUT2D eigenvalue weighted by molar-refractivity contribution is 7.99. The van der Waals surface area contributed by atoms with E-state index in [2.05, 4.69) is 0 Å². The predicted molar refractivity (Wildman–Crippen MR) is 143 cm³/mol. The van der Waals surface area contributed by atoms with Gasteiger partial charge in [0.15, 0.2) is 5.78 Å². The minimum Gasteiger partial charge on any atom is -0.481 e. The second kappa shape index (κ2) is 11.7. The molecule has 0 radical (unpaired) electrons. The molecule has 35 heavy (non-hydrogen) atoms. The van der Waals surface area contributed by atoms with Gasteiger partial charge in [-0.3, -0.25) is 14.4 Å². The van der Waals surface area contributed by atoms with E-state index in [-0.39, 0.29) is 18.6 Å². The van der Waals surface area contributed by atoms with Crippen molar-refractivity contribution in [1.82, 2.24) is 0 Å². The van der Waals surface area contributed by atoms with Gasteiger partial charge in [-0.25, -0.2) is 0 Å². The molecule has 3 aromatic rings. The van der Waals surface area contributed by atoms with Gasteiger partial charge in [-0.15, -0.1) is 0 Å². The summed E-state index contributed by atoms with van der Waals surface area (Å²) in [6, 6.07) is 19.4. The lowest BCUT2D eigenvalue weighted by Gasteiger charge is -2.22. The zero-order valence-electron chi connectivity index (χ0n) is 20.1. The Balaban J connectivity index is 2.03. The number of hydrogen-bond donors (Lipinski definition) is 1. The fraction of sp³-hybridized carbons (Fsp3) is 0.250. The molecule has 0 aromatic heterocycles. The first-order valence-corrected chi connectivity index (χ1v) is 14.2. The molecule has 0 amide bonds. The number of carbonyl (C=O) groups is 3. The van der Waals surface area contributed by atoms with Crippen molar-refractivity contribution in [3.8, 4) is 0 Å². The van der Waals surface area contributed by atoms with Crippen LogP contribution in [0.3, 0.4) is 0 Å². The fourth-order valence-corrected chi connectivity index (χ4v) is 7.77. The molecule has 0 aliphatic rings. The van der Waals surface area contributed by atoms with Crippen LogP contribution < -0.4 is 10.6 Å². The first kappa shape index (κ1) is 26.7. The lowest BCUT2D eigenvalue weighted by Crippen LogP contribution is -2.24. The van der Waals surface area contributed by atoms with Crippen molar-refractivity contribution in [2.75, 3.05) is 11.5 Å². The Morgan fingerprint density at radius 3 is 1.77 bits per heavy atom. The lowest BCUT2D eigenvalue weighted by atomic mass is 9.91. The fourth-order valence-electron chi connectivity index (χ4n) is 4.31. The zero-order valence-corrected chi connectivity index (χ0v) is 21.8. The highest BCUT2D eigenvalue weighted by Crippen LogP contribution is 2.48. The van der Waals surface area contributed by atoms with Gasteiger partial charge in [-0.05, 0) is 37.5 Å². The third kappa shape index (κ3) is 5.83. The van der Waals surface area contributed by atoms with Crippen molar-refractivity contribution in [2.24, 2.45) is 0 Å². The summed E-state index contributed by atoms with van der Waals surface area (Å²) in [6.07, 6.45) is 0.284. The van der Waals surface area contributed by atoms with Crippen LogP contribution in [0.1, 0.15) is 50.2 Å². The number of aryl methyl sites for hydroxylation is 2. The Kier molecular flexibility index (Phi) is 8.87. The van der Waals surface area contributed by atoms with Gasteiger partial charge in [-0.1, -0.05) is 66.7 Å². The van der Waals surface area contributed by atoms with Gasteiger partial charge >= 0.3 is 5.97 Å². The average molecular weight is 509 g/mol. The number of rotatable bonds is 11. The summed E-state index contributed by atoms with van der Waals surface area (Å²) in [5.41, 5.74) is 2.32. The lowest BCUT2D eigenvalue weighted by molar-refractivity contribution is -0.136. The van der Waals surface area contributed by atoms with Gasteiger partial charge in [0, 0.05) is 39.7 Å². The molecule has 1 N–H and O–H groups in total. The Morgan fingerprint density at radius 2 is 1.26 bits per heavy atom. The van der Waals surface area contributed by atoms with Crippen LogP contribution in [-0.4, -0.2) is 33.9 Å². The highest BCUT2D eigenvalue weighted by Gasteiger charge is 2.38. The molecule has 182 valence electrons. The highest BCUT2D eigenvalue weighted by atomic mass is 32.2. The first-order valence-electron chi connectivity index (χ1n) is 11.4. The Bertz CT molecular complexity index is 1240. The normalized spacial score (nSPS) is 11.3. The van der Waals surface area contributed by atoms with E-state index >= 15 is 0 Å². The third-order valence-corrected chi connectivity index (χ3v) is 9.76. The van der Waals surface area contributed by atoms with Gasteiger partial charge in [0.05, 0.1) is 6.42 Å². The van der Waals surface area contributed by atoms with Gasteiger partial charge in [0.1, 0.15) is 0 Å². The second-order valence-corrected chi connectivity index (χ2v) is 12.3. The van der Waals surface area contributed by atoms with Gasteiger partial charge in [-0.2, -0.15) is 11.8 Å². The molecular weight excluding hydrogens is 479 g/mol. The number of benzene rings is 3. The van der Waals surface area contributed by atoms with Crippen LogP contribution in [0.4, 0.5) is 0 Å². The molecule has 0 spiro atoms. The van der Waals surface area contributed by atoms with Crippen molar-refractivity contribution in [1.29, 1.82) is 0 Å². The predicted octanol–water partition coefficient (Wildman–Crippen LogP) is 5.55. The van der Waals surface area contributed by atoms with Crippen LogP contribution in [0.2, 0.25) is 0 Å². The smallest absolute Gasteiger partial charge is 0.304 e. The number of hydrogen-bond acceptors (Lipinski definition) is 5. The number of ketones is 1. The summed E-state index contributed by atoms with van der Waals surface area (Å²) >= 11 is 1.42. The van der Waals surface area contributed by atoms with Crippen LogP contribution in [0.5, 0.6) is 0 Å². The molecule has 0 heterocycles. The maximum atomic E-state index is 14.6. The third-order valence-electron chi connectivity index (χ3n) is 5.92. The zero-order chi connectivity index (χ0) is 25.6. The number of Topliss-reactive ketones (excluding diaryl/α,β-unsaturated/α-hetero) is 1. The maximum Gasteiger partial charge on any atom is 0.304 e. The van der Waals surface area contributed by atoms with E-state index in [1.54, 1.807) is 55.5 Å². The molecule has 0 unspecified atom stereocenters. The van der Waals surface area contributed by atoms with Gasteiger partial charge in [0.2, 0.25) is 12.7 Å². The number of thioether (sulfide) groups is 1. The van der Waals surface area contributed by atoms with Crippen molar-refractivity contribution >= 4 is 46.8 Å². The molecule has 0 bridgehead atoms. The molecule has 0 saturated carbocycles. The van der Waals surface area contributed by atoms with Crippen LogP contribution in [0, 0.1) is 20.8 Å². The molecule has 0 aliphatic heterocycles. The Labute approximate surface area is 210 Å². The molecule has 0 fully saturated rings. The summed E-state index contributed by atoms with van der Waals surface area (Å²) in [5.74, 6) is -0.0332. The first-order chi connectivity index (χ1) is 16.7. The maximum absolute atomic E-state index is 14.6. The molecule has 0 atom stereocenters. The molecule has 5 nitrogen and oxygen atoms in total.